The molecule has 0 saturated carbocycles. The predicted molar refractivity (Wildman–Crippen MR) is 81.6 cm³/mol. The van der Waals surface area contributed by atoms with Crippen LogP contribution in [0.4, 0.5) is 0 Å². The lowest BCUT2D eigenvalue weighted by molar-refractivity contribution is -0.120. The van der Waals surface area contributed by atoms with E-state index < -0.39 is 11.2 Å². The number of thioether (sulfide) groups is 1. The largest absolute Gasteiger partial charge is 0.478 e. The monoisotopic (exact) mass is 311 g/mol. The quantitative estimate of drug-likeness (QED) is 0.617. The number of carboxylic acids is 1. The Balaban J connectivity index is 2.91. The molecule has 7 heteroatoms. The van der Waals surface area contributed by atoms with Crippen LogP contribution < -0.4 is 5.32 Å². The molecule has 1 rings (SSSR count). The molecule has 0 spiro atoms. The number of aromatic carboxylic acids is 1. The molecule has 1 aromatic heterocycles. The minimum atomic E-state index is -1.08. The molecule has 0 aromatic carbocycles. The van der Waals surface area contributed by atoms with E-state index in [0.29, 0.717) is 29.0 Å². The maximum Gasteiger partial charge on any atom is 0.340 e. The molecule has 0 aliphatic heterocycles. The maximum absolute atomic E-state index is 12.0. The van der Waals surface area contributed by atoms with Gasteiger partial charge in [0.25, 0.3) is 0 Å². The van der Waals surface area contributed by atoms with Gasteiger partial charge in [-0.05, 0) is 26.7 Å². The SMILES string of the molecule is Cc1nc(C)c(C(=O)O)c(SC(C)C(=O)NCC(C)C)n1. The van der Waals surface area contributed by atoms with Crippen LogP contribution in [0.1, 0.15) is 42.6 Å². The van der Waals surface area contributed by atoms with Crippen molar-refractivity contribution in [3.63, 3.8) is 0 Å². The van der Waals surface area contributed by atoms with E-state index in [1.54, 1.807) is 20.8 Å². The summed E-state index contributed by atoms with van der Waals surface area (Å²) >= 11 is 1.14. The van der Waals surface area contributed by atoms with Crippen molar-refractivity contribution in [2.24, 2.45) is 5.92 Å². The molecule has 21 heavy (non-hydrogen) atoms. The molecular weight excluding hydrogens is 290 g/mol. The van der Waals surface area contributed by atoms with E-state index in [-0.39, 0.29) is 11.5 Å². The summed E-state index contributed by atoms with van der Waals surface area (Å²) in [5.41, 5.74) is 0.474. The predicted octanol–water partition coefficient (Wildman–Crippen LogP) is 2.04. The fourth-order valence-corrected chi connectivity index (χ4v) is 2.75. The van der Waals surface area contributed by atoms with E-state index in [0.717, 1.165) is 11.8 Å². The van der Waals surface area contributed by atoms with Gasteiger partial charge >= 0.3 is 5.97 Å². The van der Waals surface area contributed by atoms with Gasteiger partial charge in [-0.2, -0.15) is 0 Å². The van der Waals surface area contributed by atoms with Crippen molar-refractivity contribution in [2.45, 2.75) is 44.9 Å². The van der Waals surface area contributed by atoms with Crippen LogP contribution >= 0.6 is 11.8 Å². The fraction of sp³-hybridized carbons (Fsp3) is 0.571. The van der Waals surface area contributed by atoms with Gasteiger partial charge in [0.1, 0.15) is 16.4 Å². The number of nitrogens with one attached hydrogen (secondary N) is 1. The number of carboxylic acid groups (broad SMARTS) is 1. The summed E-state index contributed by atoms with van der Waals surface area (Å²) in [6.07, 6.45) is 0. The molecule has 0 saturated heterocycles. The Morgan fingerprint density at radius 3 is 2.38 bits per heavy atom. The second-order valence-corrected chi connectivity index (χ2v) is 6.57. The molecule has 0 bridgehead atoms. The summed E-state index contributed by atoms with van der Waals surface area (Å²) in [7, 11) is 0. The highest BCUT2D eigenvalue weighted by Gasteiger charge is 2.22. The Bertz CT molecular complexity index is 547. The minimum Gasteiger partial charge on any atom is -0.478 e. The van der Waals surface area contributed by atoms with Crippen LogP contribution in [0, 0.1) is 19.8 Å². The molecule has 0 aliphatic carbocycles. The normalized spacial score (nSPS) is 12.3. The lowest BCUT2D eigenvalue weighted by atomic mass is 10.2. The summed E-state index contributed by atoms with van der Waals surface area (Å²) in [6.45, 7) is 9.68. The Labute approximate surface area is 128 Å². The second-order valence-electron chi connectivity index (χ2n) is 5.24. The molecule has 116 valence electrons. The number of aryl methyl sites for hydroxylation is 2. The number of aromatic nitrogens is 2. The van der Waals surface area contributed by atoms with Crippen molar-refractivity contribution in [1.82, 2.24) is 15.3 Å². The van der Waals surface area contributed by atoms with Crippen LogP contribution in [-0.2, 0) is 4.79 Å². The van der Waals surface area contributed by atoms with E-state index in [2.05, 4.69) is 15.3 Å². The standard InChI is InChI=1S/C14H21N3O3S/c1-7(2)6-15-12(18)9(4)21-13-11(14(19)20)8(3)16-10(5)17-13/h7,9H,6H2,1-5H3,(H,15,18)(H,19,20). The third kappa shape index (κ3) is 5.00. The van der Waals surface area contributed by atoms with Crippen LogP contribution in [0.5, 0.6) is 0 Å². The lowest BCUT2D eigenvalue weighted by Gasteiger charge is -2.14. The van der Waals surface area contributed by atoms with Crippen LogP contribution in [0.15, 0.2) is 5.03 Å². The van der Waals surface area contributed by atoms with Crippen molar-refractivity contribution in [3.8, 4) is 0 Å². The summed E-state index contributed by atoms with van der Waals surface area (Å²) in [5, 5.41) is 12.0. The first-order chi connectivity index (χ1) is 9.72. The fourth-order valence-electron chi connectivity index (χ4n) is 1.68. The Hall–Kier alpha value is -1.63. The molecule has 1 aromatic rings. The summed E-state index contributed by atoms with van der Waals surface area (Å²) in [5.74, 6) is -0.345. The summed E-state index contributed by atoms with van der Waals surface area (Å²) in [4.78, 5) is 31.5. The summed E-state index contributed by atoms with van der Waals surface area (Å²) < 4.78 is 0. The van der Waals surface area contributed by atoms with Gasteiger partial charge in [-0.1, -0.05) is 25.6 Å². The number of carbonyl (C=O) groups is 2. The average molecular weight is 311 g/mol. The number of rotatable bonds is 6. The second kappa shape index (κ2) is 7.40. The third-order valence-electron chi connectivity index (χ3n) is 2.72. The molecule has 0 aliphatic rings. The highest BCUT2D eigenvalue weighted by Crippen LogP contribution is 2.26. The minimum absolute atomic E-state index is 0.0640. The molecule has 1 atom stereocenters. The first-order valence-electron chi connectivity index (χ1n) is 6.75. The molecule has 0 radical (unpaired) electrons. The maximum atomic E-state index is 12.0. The van der Waals surface area contributed by atoms with Crippen molar-refractivity contribution >= 4 is 23.6 Å². The van der Waals surface area contributed by atoms with E-state index in [9.17, 15) is 14.7 Å². The van der Waals surface area contributed by atoms with Crippen molar-refractivity contribution in [1.29, 1.82) is 0 Å². The van der Waals surface area contributed by atoms with Gasteiger partial charge in [-0.15, -0.1) is 0 Å². The van der Waals surface area contributed by atoms with Gasteiger partial charge < -0.3 is 10.4 Å². The third-order valence-corrected chi connectivity index (χ3v) is 3.81. The van der Waals surface area contributed by atoms with Gasteiger partial charge in [0.05, 0.1) is 10.9 Å². The van der Waals surface area contributed by atoms with Gasteiger partial charge in [-0.25, -0.2) is 14.8 Å². The average Bonchev–Trinajstić information content (AvgIpc) is 2.34. The van der Waals surface area contributed by atoms with Crippen LogP contribution in [0.3, 0.4) is 0 Å². The zero-order chi connectivity index (χ0) is 16.2. The van der Waals surface area contributed by atoms with Gasteiger partial charge in [0.15, 0.2) is 0 Å². The molecule has 1 heterocycles. The molecular formula is C14H21N3O3S. The van der Waals surface area contributed by atoms with Crippen molar-refractivity contribution in [3.05, 3.63) is 17.1 Å². The highest BCUT2D eigenvalue weighted by atomic mass is 32.2. The summed E-state index contributed by atoms with van der Waals surface area (Å²) in [6, 6.07) is 0. The Morgan fingerprint density at radius 2 is 1.86 bits per heavy atom. The molecule has 1 unspecified atom stereocenters. The topological polar surface area (TPSA) is 92.2 Å². The number of carbonyl (C=O) groups excluding carboxylic acids is 1. The Morgan fingerprint density at radius 1 is 1.24 bits per heavy atom. The number of amides is 1. The van der Waals surface area contributed by atoms with Gasteiger partial charge in [0, 0.05) is 6.54 Å². The van der Waals surface area contributed by atoms with Crippen LogP contribution in [0.2, 0.25) is 0 Å². The van der Waals surface area contributed by atoms with Crippen molar-refractivity contribution < 1.29 is 14.7 Å². The smallest absolute Gasteiger partial charge is 0.340 e. The first kappa shape index (κ1) is 17.4. The molecule has 1 amide bonds. The molecule has 6 nitrogen and oxygen atoms in total. The van der Waals surface area contributed by atoms with Gasteiger partial charge in [0.2, 0.25) is 5.91 Å². The number of hydrogen-bond acceptors (Lipinski definition) is 5. The first-order valence-corrected chi connectivity index (χ1v) is 7.63. The van der Waals surface area contributed by atoms with E-state index in [1.807, 2.05) is 13.8 Å². The zero-order valence-corrected chi connectivity index (χ0v) is 13.7. The molecule has 0 fully saturated rings. The van der Waals surface area contributed by atoms with Gasteiger partial charge in [-0.3, -0.25) is 4.79 Å². The lowest BCUT2D eigenvalue weighted by Crippen LogP contribution is -2.33. The molecule has 2 N–H and O–H groups in total. The number of hydrogen-bond donors (Lipinski definition) is 2. The van der Waals surface area contributed by atoms with E-state index in [4.69, 9.17) is 0 Å². The van der Waals surface area contributed by atoms with E-state index >= 15 is 0 Å². The van der Waals surface area contributed by atoms with Crippen molar-refractivity contribution in [2.75, 3.05) is 6.54 Å². The van der Waals surface area contributed by atoms with Crippen LogP contribution in [-0.4, -0.2) is 38.7 Å². The Kier molecular flexibility index (Phi) is 6.14. The van der Waals surface area contributed by atoms with Crippen LogP contribution in [0.25, 0.3) is 0 Å². The van der Waals surface area contributed by atoms with E-state index in [1.165, 1.54) is 0 Å². The highest BCUT2D eigenvalue weighted by molar-refractivity contribution is 8.00. The number of nitrogens with zero attached hydrogens (tertiary/aromatic N) is 2. The zero-order valence-electron chi connectivity index (χ0n) is 12.9.